The van der Waals surface area contributed by atoms with Crippen LogP contribution in [0.25, 0.3) is 10.8 Å². The summed E-state index contributed by atoms with van der Waals surface area (Å²) >= 11 is 0. The Kier molecular flexibility index (Phi) is 7.07. The lowest BCUT2D eigenvalue weighted by atomic mass is 10.1. The highest BCUT2D eigenvalue weighted by Gasteiger charge is 2.30. The van der Waals surface area contributed by atoms with Gasteiger partial charge in [0.25, 0.3) is 0 Å². The van der Waals surface area contributed by atoms with E-state index in [4.69, 9.17) is 0 Å². The molecule has 2 aromatic carbocycles. The summed E-state index contributed by atoms with van der Waals surface area (Å²) in [6, 6.07) is 15.1. The Bertz CT molecular complexity index is 913. The highest BCUT2D eigenvalue weighted by atomic mass is 16.2. The molecule has 6 nitrogen and oxygen atoms in total. The molecule has 2 aliphatic rings. The molecule has 166 valence electrons. The van der Waals surface area contributed by atoms with Gasteiger partial charge in [-0.15, -0.1) is 0 Å². The first-order valence-electron chi connectivity index (χ1n) is 11.6. The first-order chi connectivity index (χ1) is 15.2. The van der Waals surface area contributed by atoms with Crippen molar-refractivity contribution in [2.75, 3.05) is 52.9 Å². The predicted octanol–water partition coefficient (Wildman–Crippen LogP) is 2.59. The molecule has 1 amide bonds. The number of nitrogens with zero attached hydrogens (tertiary/aromatic N) is 4. The number of aliphatic imine (C=N–C) groups is 1. The summed E-state index contributed by atoms with van der Waals surface area (Å²) in [5.74, 6) is 1.25. The summed E-state index contributed by atoms with van der Waals surface area (Å²) in [6.45, 7) is 8.36. The lowest BCUT2D eigenvalue weighted by Crippen LogP contribution is -2.57. The number of carbonyl (C=O) groups is 1. The topological polar surface area (TPSA) is 51.2 Å². The molecule has 31 heavy (non-hydrogen) atoms. The third-order valence-electron chi connectivity index (χ3n) is 6.66. The summed E-state index contributed by atoms with van der Waals surface area (Å²) in [5.41, 5.74) is 1.33. The number of guanidine groups is 1. The molecule has 1 unspecified atom stereocenters. The van der Waals surface area contributed by atoms with Gasteiger partial charge >= 0.3 is 0 Å². The van der Waals surface area contributed by atoms with Crippen molar-refractivity contribution in [1.82, 2.24) is 20.0 Å². The molecule has 2 aliphatic heterocycles. The van der Waals surface area contributed by atoms with E-state index in [0.717, 1.165) is 71.0 Å². The Morgan fingerprint density at radius 2 is 1.68 bits per heavy atom. The number of nitrogens with one attached hydrogen (secondary N) is 1. The fourth-order valence-electron chi connectivity index (χ4n) is 4.72. The SMILES string of the molecule is CN=C(NCCc1ccc2ccccc2c1)N1CCN(C(C)C(=O)N2CCCC2)CC1. The van der Waals surface area contributed by atoms with Gasteiger partial charge < -0.3 is 15.1 Å². The van der Waals surface area contributed by atoms with Gasteiger partial charge in [0.05, 0.1) is 6.04 Å². The summed E-state index contributed by atoms with van der Waals surface area (Å²) in [7, 11) is 1.85. The van der Waals surface area contributed by atoms with Crippen molar-refractivity contribution in [3.05, 3.63) is 48.0 Å². The van der Waals surface area contributed by atoms with Crippen LogP contribution in [0, 0.1) is 0 Å². The number of fused-ring (bicyclic) bond motifs is 1. The molecule has 0 bridgehead atoms. The van der Waals surface area contributed by atoms with Crippen molar-refractivity contribution < 1.29 is 4.79 Å². The second kappa shape index (κ2) is 10.1. The zero-order valence-corrected chi connectivity index (χ0v) is 18.9. The zero-order chi connectivity index (χ0) is 21.6. The lowest BCUT2D eigenvalue weighted by molar-refractivity contribution is -0.135. The maximum Gasteiger partial charge on any atom is 0.239 e. The first-order valence-corrected chi connectivity index (χ1v) is 11.6. The minimum atomic E-state index is -0.0249. The van der Waals surface area contributed by atoms with Crippen molar-refractivity contribution in [1.29, 1.82) is 0 Å². The molecule has 2 heterocycles. The molecule has 4 rings (SSSR count). The van der Waals surface area contributed by atoms with Crippen molar-refractivity contribution in [2.24, 2.45) is 4.99 Å². The van der Waals surface area contributed by atoms with Crippen molar-refractivity contribution in [3.8, 4) is 0 Å². The molecule has 0 aliphatic carbocycles. The van der Waals surface area contributed by atoms with Gasteiger partial charge in [0.15, 0.2) is 5.96 Å². The van der Waals surface area contributed by atoms with E-state index in [2.05, 4.69) is 69.5 Å². The largest absolute Gasteiger partial charge is 0.356 e. The number of hydrogen-bond donors (Lipinski definition) is 1. The molecule has 0 radical (unpaired) electrons. The Morgan fingerprint density at radius 1 is 0.968 bits per heavy atom. The van der Waals surface area contributed by atoms with Crippen molar-refractivity contribution >= 4 is 22.6 Å². The van der Waals surface area contributed by atoms with Crippen LogP contribution >= 0.6 is 0 Å². The van der Waals surface area contributed by atoms with Gasteiger partial charge in [-0.05, 0) is 42.5 Å². The van der Waals surface area contributed by atoms with E-state index in [-0.39, 0.29) is 6.04 Å². The number of likely N-dealkylation sites (tertiary alicyclic amines) is 1. The van der Waals surface area contributed by atoms with Gasteiger partial charge in [-0.2, -0.15) is 0 Å². The number of rotatable bonds is 5. The smallest absolute Gasteiger partial charge is 0.239 e. The second-order valence-corrected chi connectivity index (χ2v) is 8.64. The highest BCUT2D eigenvalue weighted by Crippen LogP contribution is 2.16. The Labute approximate surface area is 185 Å². The van der Waals surface area contributed by atoms with E-state index in [1.165, 1.54) is 16.3 Å². The fourth-order valence-corrected chi connectivity index (χ4v) is 4.72. The van der Waals surface area contributed by atoms with E-state index < -0.39 is 0 Å². The van der Waals surface area contributed by atoms with Crippen LogP contribution < -0.4 is 5.32 Å². The van der Waals surface area contributed by atoms with Crippen LogP contribution in [0.4, 0.5) is 0 Å². The standard InChI is InChI=1S/C25H35N5O/c1-20(24(31)29-13-5-6-14-29)28-15-17-30(18-16-28)25(26-2)27-12-11-21-9-10-22-7-3-4-8-23(22)19-21/h3-4,7-10,19-20H,5-6,11-18H2,1-2H3,(H,26,27). The van der Waals surface area contributed by atoms with Crippen molar-refractivity contribution in [2.45, 2.75) is 32.2 Å². The summed E-state index contributed by atoms with van der Waals surface area (Å²) < 4.78 is 0. The molecule has 0 saturated carbocycles. The molecule has 2 saturated heterocycles. The quantitative estimate of drug-likeness (QED) is 0.596. The van der Waals surface area contributed by atoms with Gasteiger partial charge in [0.2, 0.25) is 5.91 Å². The van der Waals surface area contributed by atoms with Crippen LogP contribution in [-0.2, 0) is 11.2 Å². The summed E-state index contributed by atoms with van der Waals surface area (Å²) in [6.07, 6.45) is 3.26. The third kappa shape index (κ3) is 5.18. The maximum absolute atomic E-state index is 12.7. The molecule has 2 aromatic rings. The van der Waals surface area contributed by atoms with E-state index in [1.807, 2.05) is 11.9 Å². The number of piperazine rings is 1. The zero-order valence-electron chi connectivity index (χ0n) is 18.9. The number of hydrogen-bond acceptors (Lipinski definition) is 3. The molecule has 0 aromatic heterocycles. The number of benzene rings is 2. The van der Waals surface area contributed by atoms with Crippen LogP contribution in [0.2, 0.25) is 0 Å². The lowest BCUT2D eigenvalue weighted by Gasteiger charge is -2.39. The van der Waals surface area contributed by atoms with Gasteiger partial charge in [-0.1, -0.05) is 42.5 Å². The number of amides is 1. The van der Waals surface area contributed by atoms with E-state index in [1.54, 1.807) is 0 Å². The van der Waals surface area contributed by atoms with E-state index >= 15 is 0 Å². The van der Waals surface area contributed by atoms with E-state index in [9.17, 15) is 4.79 Å². The van der Waals surface area contributed by atoms with Gasteiger partial charge in [0.1, 0.15) is 0 Å². The minimum Gasteiger partial charge on any atom is -0.356 e. The fraction of sp³-hybridized carbons (Fsp3) is 0.520. The summed E-state index contributed by atoms with van der Waals surface area (Å²) in [4.78, 5) is 23.9. The van der Waals surface area contributed by atoms with Crippen LogP contribution in [0.15, 0.2) is 47.5 Å². The number of carbonyl (C=O) groups excluding carboxylic acids is 1. The summed E-state index contributed by atoms with van der Waals surface area (Å²) in [5, 5.41) is 6.10. The van der Waals surface area contributed by atoms with Gasteiger partial charge in [-0.25, -0.2) is 0 Å². The van der Waals surface area contributed by atoms with Crippen molar-refractivity contribution in [3.63, 3.8) is 0 Å². The van der Waals surface area contributed by atoms with E-state index in [0.29, 0.717) is 5.91 Å². The Balaban J connectivity index is 1.24. The molecule has 6 heteroatoms. The van der Waals surface area contributed by atoms with Gasteiger partial charge in [-0.3, -0.25) is 14.7 Å². The average Bonchev–Trinajstić information content (AvgIpc) is 3.36. The van der Waals surface area contributed by atoms with Gasteiger partial charge in [0, 0.05) is 52.9 Å². The molecule has 2 fully saturated rings. The molecule has 0 spiro atoms. The van der Waals surface area contributed by atoms with Crippen LogP contribution in [0.1, 0.15) is 25.3 Å². The monoisotopic (exact) mass is 421 g/mol. The third-order valence-corrected chi connectivity index (χ3v) is 6.66. The normalized spacial score (nSPS) is 19.1. The molecular formula is C25H35N5O. The van der Waals surface area contributed by atoms with Crippen LogP contribution in [0.5, 0.6) is 0 Å². The Morgan fingerprint density at radius 3 is 2.39 bits per heavy atom. The minimum absolute atomic E-state index is 0.0249. The molecule has 1 N–H and O–H groups in total. The first kappa shape index (κ1) is 21.6. The second-order valence-electron chi connectivity index (χ2n) is 8.64. The highest BCUT2D eigenvalue weighted by molar-refractivity contribution is 5.83. The predicted molar refractivity (Wildman–Crippen MR) is 127 cm³/mol. The van der Waals surface area contributed by atoms with Crippen LogP contribution in [0.3, 0.4) is 0 Å². The maximum atomic E-state index is 12.7. The molecular weight excluding hydrogens is 386 g/mol. The Hall–Kier alpha value is -2.60. The average molecular weight is 422 g/mol. The molecule has 1 atom stereocenters. The van der Waals surface area contributed by atoms with Crippen LogP contribution in [-0.4, -0.2) is 85.5 Å².